The highest BCUT2D eigenvalue weighted by atomic mass is 79.9. The fourth-order valence-corrected chi connectivity index (χ4v) is 3.06. The van der Waals surface area contributed by atoms with Crippen LogP contribution in [-0.4, -0.2) is 36.7 Å². The first-order valence-electron chi connectivity index (χ1n) is 6.58. The predicted octanol–water partition coefficient (Wildman–Crippen LogP) is 3.72. The van der Waals surface area contributed by atoms with Gasteiger partial charge in [-0.1, -0.05) is 19.6 Å². The summed E-state index contributed by atoms with van der Waals surface area (Å²) in [6.45, 7) is 9.88. The van der Waals surface area contributed by atoms with Crippen molar-refractivity contribution < 1.29 is 9.47 Å². The molecule has 0 fully saturated rings. The lowest BCUT2D eigenvalue weighted by molar-refractivity contribution is 0.0201. The Labute approximate surface area is 128 Å². The molecule has 0 amide bonds. The smallest absolute Gasteiger partial charge is 0.242 e. The molecule has 1 N–H and O–H groups in total. The molecule has 2 aromatic rings. The Morgan fingerprint density at radius 1 is 1.35 bits per heavy atom. The number of fused-ring (bicyclic) bond motifs is 1. The van der Waals surface area contributed by atoms with Gasteiger partial charge in [0.1, 0.15) is 10.1 Å². The molecular weight excluding hydrogens is 338 g/mol. The zero-order chi connectivity index (χ0) is 14.8. The zero-order valence-corrected chi connectivity index (χ0v) is 14.9. The Bertz CT molecular complexity index is 595. The summed E-state index contributed by atoms with van der Waals surface area (Å²) in [6.07, 6.45) is 0. The summed E-state index contributed by atoms with van der Waals surface area (Å²) in [4.78, 5) is 4.32. The van der Waals surface area contributed by atoms with Gasteiger partial charge in [-0.05, 0) is 35.0 Å². The molecule has 7 heteroatoms. The van der Waals surface area contributed by atoms with Crippen LogP contribution in [-0.2, 0) is 4.74 Å². The largest absolute Gasteiger partial charge is 0.449 e. The number of aromatic nitrogens is 3. The minimum Gasteiger partial charge on any atom is -0.449 e. The third-order valence-electron chi connectivity index (χ3n) is 2.88. The van der Waals surface area contributed by atoms with Gasteiger partial charge >= 0.3 is 0 Å². The van der Waals surface area contributed by atoms with Gasteiger partial charge in [-0.3, -0.25) is 5.10 Å². The number of halogens is 1. The quantitative estimate of drug-likeness (QED) is 0.370. The molecule has 0 radical (unpaired) electrons. The van der Waals surface area contributed by atoms with Gasteiger partial charge < -0.3 is 9.47 Å². The number of rotatable bonds is 6. The zero-order valence-electron chi connectivity index (χ0n) is 12.3. The lowest BCUT2D eigenvalue weighted by atomic mass is 10.3. The van der Waals surface area contributed by atoms with E-state index in [-0.39, 0.29) is 6.79 Å². The van der Waals surface area contributed by atoms with Gasteiger partial charge in [0.2, 0.25) is 5.88 Å². The summed E-state index contributed by atoms with van der Waals surface area (Å²) in [7, 11) is -1.05. The minimum atomic E-state index is -1.05. The summed E-state index contributed by atoms with van der Waals surface area (Å²) in [6, 6.07) is 3.08. The van der Waals surface area contributed by atoms with E-state index in [2.05, 4.69) is 50.8 Å². The molecule has 0 aliphatic rings. The van der Waals surface area contributed by atoms with Crippen molar-refractivity contribution >= 4 is 34.9 Å². The van der Waals surface area contributed by atoms with Crippen LogP contribution in [0.3, 0.4) is 0 Å². The molecule has 0 aliphatic carbocycles. The minimum absolute atomic E-state index is 0.226. The second kappa shape index (κ2) is 6.24. The van der Waals surface area contributed by atoms with Crippen LogP contribution in [0.2, 0.25) is 25.7 Å². The van der Waals surface area contributed by atoms with Gasteiger partial charge in [-0.15, -0.1) is 5.10 Å². The monoisotopic (exact) mass is 357 g/mol. The van der Waals surface area contributed by atoms with E-state index in [1.807, 2.05) is 13.0 Å². The van der Waals surface area contributed by atoms with E-state index < -0.39 is 8.07 Å². The number of hydrogen-bond acceptors (Lipinski definition) is 4. The van der Waals surface area contributed by atoms with E-state index in [0.29, 0.717) is 5.88 Å². The van der Waals surface area contributed by atoms with Crippen LogP contribution < -0.4 is 4.74 Å². The fourth-order valence-electron chi connectivity index (χ4n) is 1.72. The van der Waals surface area contributed by atoms with Gasteiger partial charge in [0.05, 0.1) is 5.39 Å². The van der Waals surface area contributed by atoms with Gasteiger partial charge in [0.15, 0.2) is 6.79 Å². The van der Waals surface area contributed by atoms with Crippen molar-refractivity contribution in [2.24, 2.45) is 0 Å². The first kappa shape index (κ1) is 15.5. The van der Waals surface area contributed by atoms with Crippen LogP contribution in [0.1, 0.15) is 5.69 Å². The summed E-state index contributed by atoms with van der Waals surface area (Å²) < 4.78 is 11.9. The third kappa shape index (κ3) is 4.03. The van der Waals surface area contributed by atoms with Crippen LogP contribution in [0.15, 0.2) is 10.7 Å². The highest BCUT2D eigenvalue weighted by Crippen LogP contribution is 2.27. The number of hydrogen-bond donors (Lipinski definition) is 1. The summed E-state index contributed by atoms with van der Waals surface area (Å²) >= 11 is 3.41. The van der Waals surface area contributed by atoms with Crippen LogP contribution >= 0.6 is 15.9 Å². The molecule has 2 rings (SSSR count). The topological polar surface area (TPSA) is 60.0 Å². The molecule has 2 aromatic heterocycles. The van der Waals surface area contributed by atoms with Gasteiger partial charge in [-0.25, -0.2) is 4.98 Å². The molecule has 5 nitrogen and oxygen atoms in total. The lowest BCUT2D eigenvalue weighted by Gasteiger charge is -2.15. The first-order chi connectivity index (χ1) is 9.37. The van der Waals surface area contributed by atoms with E-state index in [0.717, 1.165) is 33.9 Å². The Morgan fingerprint density at radius 2 is 2.10 bits per heavy atom. The van der Waals surface area contributed by atoms with Crippen LogP contribution in [0.25, 0.3) is 10.9 Å². The van der Waals surface area contributed by atoms with Crippen molar-refractivity contribution in [2.45, 2.75) is 32.6 Å². The Balaban J connectivity index is 1.94. The summed E-state index contributed by atoms with van der Waals surface area (Å²) in [5, 5.41) is 7.99. The van der Waals surface area contributed by atoms with Crippen molar-refractivity contribution in [3.05, 3.63) is 16.4 Å². The molecule has 0 saturated heterocycles. The van der Waals surface area contributed by atoms with Gasteiger partial charge in [-0.2, -0.15) is 0 Å². The summed E-state index contributed by atoms with van der Waals surface area (Å²) in [5.74, 6) is 0.555. The molecule has 0 aliphatic heterocycles. The summed E-state index contributed by atoms with van der Waals surface area (Å²) in [5.41, 5.74) is 1.75. The number of nitrogens with zero attached hydrogens (tertiary/aromatic N) is 2. The maximum Gasteiger partial charge on any atom is 0.242 e. The molecular formula is C13H20BrN3O2Si. The Morgan fingerprint density at radius 3 is 2.80 bits per heavy atom. The van der Waals surface area contributed by atoms with Gasteiger partial charge in [0, 0.05) is 20.4 Å². The highest BCUT2D eigenvalue weighted by molar-refractivity contribution is 9.10. The Hall–Kier alpha value is -0.923. The SMILES string of the molecule is Cc1cc2c(OCOCC[Si](C)(C)C)n[nH]c2c(Br)n1. The van der Waals surface area contributed by atoms with Crippen LogP contribution in [0.4, 0.5) is 0 Å². The molecule has 0 bridgehead atoms. The Kier molecular flexibility index (Phi) is 4.82. The van der Waals surface area contributed by atoms with Gasteiger partial charge in [0.25, 0.3) is 0 Å². The number of aromatic amines is 1. The molecule has 0 atom stereocenters. The van der Waals surface area contributed by atoms with E-state index in [1.165, 1.54) is 0 Å². The molecule has 0 aromatic carbocycles. The fraction of sp³-hybridized carbons (Fsp3) is 0.538. The normalized spacial score (nSPS) is 12.1. The molecule has 0 saturated carbocycles. The third-order valence-corrected chi connectivity index (χ3v) is 5.16. The number of pyridine rings is 1. The van der Waals surface area contributed by atoms with Crippen molar-refractivity contribution in [2.75, 3.05) is 13.4 Å². The highest BCUT2D eigenvalue weighted by Gasteiger charge is 2.13. The number of aryl methyl sites for hydroxylation is 1. The maximum atomic E-state index is 5.59. The lowest BCUT2D eigenvalue weighted by Crippen LogP contribution is -2.22. The number of nitrogens with one attached hydrogen (secondary N) is 1. The molecule has 0 unspecified atom stereocenters. The molecule has 2 heterocycles. The van der Waals surface area contributed by atoms with E-state index in [9.17, 15) is 0 Å². The average molecular weight is 358 g/mol. The van der Waals surface area contributed by atoms with E-state index in [4.69, 9.17) is 9.47 Å². The maximum absolute atomic E-state index is 5.59. The molecule has 110 valence electrons. The standard InChI is InChI=1S/C13H20BrN3O2Si/c1-9-7-10-11(12(14)15-9)16-17-13(10)19-8-18-5-6-20(2,3)4/h7H,5-6,8H2,1-4H3,(H,16,17). The second-order valence-electron chi connectivity index (χ2n) is 5.99. The van der Waals surface area contributed by atoms with Crippen molar-refractivity contribution in [3.8, 4) is 5.88 Å². The van der Waals surface area contributed by atoms with Crippen molar-refractivity contribution in [3.63, 3.8) is 0 Å². The molecule has 0 spiro atoms. The number of ether oxygens (including phenoxy) is 2. The van der Waals surface area contributed by atoms with Crippen molar-refractivity contribution in [1.82, 2.24) is 15.2 Å². The molecule has 20 heavy (non-hydrogen) atoms. The van der Waals surface area contributed by atoms with E-state index >= 15 is 0 Å². The second-order valence-corrected chi connectivity index (χ2v) is 12.4. The predicted molar refractivity (Wildman–Crippen MR) is 85.9 cm³/mol. The number of H-pyrrole nitrogens is 1. The average Bonchev–Trinajstić information content (AvgIpc) is 2.70. The van der Waals surface area contributed by atoms with E-state index in [1.54, 1.807) is 0 Å². The van der Waals surface area contributed by atoms with Crippen LogP contribution in [0, 0.1) is 6.92 Å². The van der Waals surface area contributed by atoms with Crippen molar-refractivity contribution in [1.29, 1.82) is 0 Å². The first-order valence-corrected chi connectivity index (χ1v) is 11.1. The van der Waals surface area contributed by atoms with Crippen LogP contribution in [0.5, 0.6) is 5.88 Å².